The molecule has 5 N–H and O–H groups in total. The van der Waals surface area contributed by atoms with E-state index in [0.29, 0.717) is 42.6 Å². The van der Waals surface area contributed by atoms with E-state index in [1.54, 1.807) is 11.0 Å². The van der Waals surface area contributed by atoms with Crippen LogP contribution in [0.25, 0.3) is 0 Å². The van der Waals surface area contributed by atoms with Crippen LogP contribution in [0.2, 0.25) is 0 Å². The van der Waals surface area contributed by atoms with Gasteiger partial charge in [0.1, 0.15) is 0 Å². The van der Waals surface area contributed by atoms with Gasteiger partial charge in [0.25, 0.3) is 5.91 Å². The van der Waals surface area contributed by atoms with Crippen LogP contribution >= 0.6 is 0 Å². The fourth-order valence-corrected chi connectivity index (χ4v) is 6.31. The molecule has 1 aliphatic carbocycles. The number of nitrogens with zero attached hydrogens (tertiary/aromatic N) is 2. The zero-order chi connectivity index (χ0) is 24.2. The van der Waals surface area contributed by atoms with Crippen LogP contribution in [-0.2, 0) is 4.79 Å². The summed E-state index contributed by atoms with van der Waals surface area (Å²) in [5, 5.41) is 29.1. The summed E-state index contributed by atoms with van der Waals surface area (Å²) in [5.41, 5.74) is 7.20. The molecule has 0 aromatic heterocycles. The number of aliphatic hydroxyl groups excluding tert-OH is 3. The predicted octanol–water partition coefficient (Wildman–Crippen LogP) is 1.23. The lowest BCUT2D eigenvalue weighted by Gasteiger charge is -2.41. The quantitative estimate of drug-likeness (QED) is 0.427. The smallest absolute Gasteiger partial charge is 0.253 e. The van der Waals surface area contributed by atoms with Crippen molar-refractivity contribution < 1.29 is 24.9 Å². The van der Waals surface area contributed by atoms with Crippen molar-refractivity contribution in [1.29, 1.82) is 0 Å². The zero-order valence-corrected chi connectivity index (χ0v) is 19.9. The number of rotatable bonds is 9. The Balaban J connectivity index is 1.38. The third-order valence-electron chi connectivity index (χ3n) is 8.22. The number of carbonyl (C=O) groups excluding carboxylic acids is 2. The average Bonchev–Trinajstić information content (AvgIpc) is 3.08. The molecule has 1 aromatic carbocycles. The molecule has 0 spiro atoms. The first-order valence-corrected chi connectivity index (χ1v) is 12.8. The van der Waals surface area contributed by atoms with Crippen LogP contribution in [0.5, 0.6) is 0 Å². The van der Waals surface area contributed by atoms with Gasteiger partial charge in [-0.2, -0.15) is 0 Å². The summed E-state index contributed by atoms with van der Waals surface area (Å²) in [5.74, 6) is -0.0856. The molecule has 2 saturated heterocycles. The molecule has 8 nitrogen and oxygen atoms in total. The Hall–Kier alpha value is -2.00. The first kappa shape index (κ1) is 25.1. The number of hydrogen-bond donors (Lipinski definition) is 4. The van der Waals surface area contributed by atoms with Crippen molar-refractivity contribution in [3.8, 4) is 0 Å². The van der Waals surface area contributed by atoms with Crippen LogP contribution in [0.3, 0.4) is 0 Å². The molecule has 1 saturated carbocycles. The van der Waals surface area contributed by atoms with Gasteiger partial charge in [-0.15, -0.1) is 0 Å². The second-order valence-corrected chi connectivity index (χ2v) is 10.4. The zero-order valence-electron chi connectivity index (χ0n) is 19.9. The minimum atomic E-state index is -1.38. The Morgan fingerprint density at radius 2 is 1.76 bits per heavy atom. The van der Waals surface area contributed by atoms with Gasteiger partial charge in [0, 0.05) is 37.3 Å². The average molecular weight is 474 g/mol. The number of benzene rings is 1. The SMILES string of the molecule is NC(=O)c1cccc(C2CC3CCC(C2)N3CCN(CC2CCC(O)CC2)C(=O)[C@@H](O)CO)c1. The molecule has 0 radical (unpaired) electrons. The first-order valence-electron chi connectivity index (χ1n) is 12.8. The van der Waals surface area contributed by atoms with E-state index in [1.807, 2.05) is 12.1 Å². The fraction of sp³-hybridized carbons (Fsp3) is 0.692. The molecule has 3 aliphatic rings. The molecule has 2 amide bonds. The lowest BCUT2D eigenvalue weighted by atomic mass is 9.84. The van der Waals surface area contributed by atoms with E-state index in [9.17, 15) is 24.9 Å². The molecule has 2 heterocycles. The highest BCUT2D eigenvalue weighted by Crippen LogP contribution is 2.43. The number of amides is 2. The molecule has 2 bridgehead atoms. The van der Waals surface area contributed by atoms with Crippen molar-refractivity contribution in [2.24, 2.45) is 11.7 Å². The summed E-state index contributed by atoms with van der Waals surface area (Å²) in [6.45, 7) is 1.28. The van der Waals surface area contributed by atoms with E-state index in [4.69, 9.17) is 5.73 Å². The van der Waals surface area contributed by atoms with E-state index < -0.39 is 24.5 Å². The van der Waals surface area contributed by atoms with Gasteiger partial charge in [-0.25, -0.2) is 0 Å². The lowest BCUT2D eigenvalue weighted by molar-refractivity contribution is -0.143. The molecular formula is C26H39N3O5. The summed E-state index contributed by atoms with van der Waals surface area (Å²) >= 11 is 0. The fourth-order valence-electron chi connectivity index (χ4n) is 6.31. The van der Waals surface area contributed by atoms with Gasteiger partial charge in [-0.1, -0.05) is 12.1 Å². The monoisotopic (exact) mass is 473 g/mol. The number of primary amides is 1. The Labute approximate surface area is 201 Å². The van der Waals surface area contributed by atoms with Crippen LogP contribution in [-0.4, -0.2) is 87.5 Å². The Kier molecular flexibility index (Phi) is 8.24. The van der Waals surface area contributed by atoms with Gasteiger partial charge in [-0.3, -0.25) is 14.5 Å². The van der Waals surface area contributed by atoms with E-state index >= 15 is 0 Å². The molecular weight excluding hydrogens is 434 g/mol. The molecule has 2 aliphatic heterocycles. The van der Waals surface area contributed by atoms with Crippen molar-refractivity contribution >= 4 is 11.8 Å². The van der Waals surface area contributed by atoms with Gasteiger partial charge in [0.2, 0.25) is 5.91 Å². The highest BCUT2D eigenvalue weighted by atomic mass is 16.3. The van der Waals surface area contributed by atoms with E-state index in [1.165, 1.54) is 5.56 Å². The minimum absolute atomic E-state index is 0.246. The number of hydrogen-bond acceptors (Lipinski definition) is 6. The van der Waals surface area contributed by atoms with Crippen LogP contribution in [0, 0.1) is 5.92 Å². The van der Waals surface area contributed by atoms with Crippen LogP contribution in [0.15, 0.2) is 24.3 Å². The third kappa shape index (κ3) is 5.79. The second kappa shape index (κ2) is 11.2. The Morgan fingerprint density at radius 3 is 2.38 bits per heavy atom. The van der Waals surface area contributed by atoms with Gasteiger partial charge in [-0.05, 0) is 80.9 Å². The van der Waals surface area contributed by atoms with Crippen molar-refractivity contribution in [1.82, 2.24) is 9.80 Å². The van der Waals surface area contributed by atoms with E-state index in [-0.39, 0.29) is 6.10 Å². The topological polar surface area (TPSA) is 127 Å². The molecule has 34 heavy (non-hydrogen) atoms. The van der Waals surface area contributed by atoms with Crippen LogP contribution in [0.4, 0.5) is 0 Å². The van der Waals surface area contributed by atoms with Crippen molar-refractivity contribution in [2.75, 3.05) is 26.2 Å². The van der Waals surface area contributed by atoms with Gasteiger partial charge < -0.3 is 26.0 Å². The highest BCUT2D eigenvalue weighted by molar-refractivity contribution is 5.92. The lowest BCUT2D eigenvalue weighted by Crippen LogP contribution is -2.50. The molecule has 3 fully saturated rings. The normalized spacial score (nSPS) is 30.1. The summed E-state index contributed by atoms with van der Waals surface area (Å²) in [6.07, 6.45) is 5.93. The Morgan fingerprint density at radius 1 is 1.09 bits per heavy atom. The van der Waals surface area contributed by atoms with E-state index in [0.717, 1.165) is 57.9 Å². The Bertz CT molecular complexity index is 843. The molecule has 4 rings (SSSR count). The number of carbonyl (C=O) groups is 2. The molecule has 3 atom stereocenters. The minimum Gasteiger partial charge on any atom is -0.393 e. The summed E-state index contributed by atoms with van der Waals surface area (Å²) in [7, 11) is 0. The predicted molar refractivity (Wildman–Crippen MR) is 128 cm³/mol. The number of nitrogens with two attached hydrogens (primary N) is 1. The maximum Gasteiger partial charge on any atom is 0.253 e. The van der Waals surface area contributed by atoms with Gasteiger partial charge in [0.15, 0.2) is 6.10 Å². The summed E-state index contributed by atoms with van der Waals surface area (Å²) < 4.78 is 0. The summed E-state index contributed by atoms with van der Waals surface area (Å²) in [4.78, 5) is 28.6. The highest BCUT2D eigenvalue weighted by Gasteiger charge is 2.41. The molecule has 1 aromatic rings. The maximum atomic E-state index is 12.8. The van der Waals surface area contributed by atoms with E-state index in [2.05, 4.69) is 11.0 Å². The molecule has 188 valence electrons. The maximum absolute atomic E-state index is 12.8. The van der Waals surface area contributed by atoms with Gasteiger partial charge in [0.05, 0.1) is 12.7 Å². The molecule has 2 unspecified atom stereocenters. The number of piperidine rings is 1. The van der Waals surface area contributed by atoms with Crippen LogP contribution in [0.1, 0.15) is 73.2 Å². The van der Waals surface area contributed by atoms with Gasteiger partial charge >= 0.3 is 0 Å². The van der Waals surface area contributed by atoms with Crippen molar-refractivity contribution in [2.45, 2.75) is 81.6 Å². The summed E-state index contributed by atoms with van der Waals surface area (Å²) in [6, 6.07) is 8.55. The molecule has 8 heteroatoms. The number of aliphatic hydroxyl groups is 3. The second-order valence-electron chi connectivity index (χ2n) is 10.4. The largest absolute Gasteiger partial charge is 0.393 e. The standard InChI is InChI=1S/C26H39N3O5/c27-25(33)19-3-1-2-18(12-19)20-13-21-6-7-22(14-20)29(21)11-10-28(26(34)24(32)16-30)15-17-4-8-23(31)9-5-17/h1-3,12,17,20-24,30-32H,4-11,13-16H2,(H2,27,33)/t17?,20?,21?,22?,23?,24-/m0/s1. The third-order valence-corrected chi connectivity index (χ3v) is 8.22. The van der Waals surface area contributed by atoms with Crippen molar-refractivity contribution in [3.63, 3.8) is 0 Å². The van der Waals surface area contributed by atoms with Crippen LogP contribution < -0.4 is 5.73 Å². The van der Waals surface area contributed by atoms with Crippen molar-refractivity contribution in [3.05, 3.63) is 35.4 Å². The number of fused-ring (bicyclic) bond motifs is 2. The first-order chi connectivity index (χ1) is 16.4.